The largest absolute Gasteiger partial charge is 0.454 e. The van der Waals surface area contributed by atoms with Crippen LogP contribution in [0.2, 0.25) is 0 Å². The molecular weight excluding hydrogens is 346 g/mol. The van der Waals surface area contributed by atoms with Gasteiger partial charge in [-0.2, -0.15) is 0 Å². The number of hydrogen-bond donors (Lipinski definition) is 0. The minimum atomic E-state index is 0.00321. The van der Waals surface area contributed by atoms with Crippen LogP contribution >= 0.6 is 11.8 Å². The van der Waals surface area contributed by atoms with Crippen LogP contribution in [0.1, 0.15) is 21.3 Å². The molecule has 3 aromatic carbocycles. The van der Waals surface area contributed by atoms with E-state index < -0.39 is 0 Å². The van der Waals surface area contributed by atoms with Gasteiger partial charge in [0.1, 0.15) is 5.37 Å². The van der Waals surface area contributed by atoms with Crippen molar-refractivity contribution in [3.05, 3.63) is 71.8 Å². The molecule has 2 heterocycles. The van der Waals surface area contributed by atoms with E-state index in [1.54, 1.807) is 11.8 Å². The van der Waals surface area contributed by atoms with Crippen LogP contribution in [0, 0.1) is 0 Å². The molecule has 2 aliphatic rings. The molecule has 2 aliphatic heterocycles. The maximum atomic E-state index is 13.2. The highest BCUT2D eigenvalue weighted by atomic mass is 32.2. The first-order valence-corrected chi connectivity index (χ1v) is 9.65. The summed E-state index contributed by atoms with van der Waals surface area (Å²) in [6, 6.07) is 20.0. The molecule has 130 valence electrons. The van der Waals surface area contributed by atoms with Crippen LogP contribution in [0.25, 0.3) is 10.8 Å². The third kappa shape index (κ3) is 2.59. The van der Waals surface area contributed by atoms with E-state index in [4.69, 9.17) is 9.47 Å². The SMILES string of the molecule is O=C(c1ccc2ccccc2c1)N1CCSC1c1ccc2c(c1)OCO2. The van der Waals surface area contributed by atoms with Crippen LogP contribution < -0.4 is 9.47 Å². The van der Waals surface area contributed by atoms with Crippen LogP contribution in [0.5, 0.6) is 11.5 Å². The second kappa shape index (κ2) is 6.25. The summed E-state index contributed by atoms with van der Waals surface area (Å²) in [6.07, 6.45) is 0. The number of rotatable bonds is 2. The molecule has 1 unspecified atom stereocenters. The van der Waals surface area contributed by atoms with E-state index in [0.29, 0.717) is 0 Å². The van der Waals surface area contributed by atoms with E-state index in [-0.39, 0.29) is 18.1 Å². The van der Waals surface area contributed by atoms with Crippen LogP contribution in [0.3, 0.4) is 0 Å². The summed E-state index contributed by atoms with van der Waals surface area (Å²) < 4.78 is 10.9. The van der Waals surface area contributed by atoms with Crippen molar-refractivity contribution in [3.63, 3.8) is 0 Å². The number of carbonyl (C=O) groups excluding carboxylic acids is 1. The fraction of sp³-hybridized carbons (Fsp3) is 0.190. The molecule has 1 fully saturated rings. The molecule has 0 aromatic heterocycles. The summed E-state index contributed by atoms with van der Waals surface area (Å²) in [5.41, 5.74) is 1.81. The molecule has 0 bridgehead atoms. The molecule has 0 radical (unpaired) electrons. The molecule has 5 heteroatoms. The maximum Gasteiger partial charge on any atom is 0.255 e. The monoisotopic (exact) mass is 363 g/mol. The van der Waals surface area contributed by atoms with E-state index in [1.807, 2.05) is 59.5 Å². The van der Waals surface area contributed by atoms with Gasteiger partial charge in [-0.15, -0.1) is 11.8 Å². The minimum Gasteiger partial charge on any atom is -0.454 e. The van der Waals surface area contributed by atoms with Crippen molar-refractivity contribution in [2.24, 2.45) is 0 Å². The average Bonchev–Trinajstić information content (AvgIpc) is 3.35. The van der Waals surface area contributed by atoms with Crippen LogP contribution in [-0.2, 0) is 0 Å². The Bertz CT molecular complexity index is 1000. The van der Waals surface area contributed by atoms with Gasteiger partial charge in [-0.3, -0.25) is 4.79 Å². The van der Waals surface area contributed by atoms with Gasteiger partial charge < -0.3 is 14.4 Å². The Morgan fingerprint density at radius 1 is 0.962 bits per heavy atom. The summed E-state index contributed by atoms with van der Waals surface area (Å²) in [4.78, 5) is 15.1. The Morgan fingerprint density at radius 3 is 2.73 bits per heavy atom. The zero-order chi connectivity index (χ0) is 17.5. The van der Waals surface area contributed by atoms with Gasteiger partial charge in [0, 0.05) is 17.9 Å². The second-order valence-corrected chi connectivity index (χ2v) is 7.58. The van der Waals surface area contributed by atoms with E-state index in [2.05, 4.69) is 6.07 Å². The fourth-order valence-corrected chi connectivity index (χ4v) is 4.75. The van der Waals surface area contributed by atoms with E-state index in [0.717, 1.165) is 45.7 Å². The maximum absolute atomic E-state index is 13.2. The Labute approximate surface area is 155 Å². The molecule has 0 saturated carbocycles. The molecule has 1 amide bonds. The Hall–Kier alpha value is -2.66. The topological polar surface area (TPSA) is 38.8 Å². The van der Waals surface area contributed by atoms with Gasteiger partial charge in [0.05, 0.1) is 0 Å². The lowest BCUT2D eigenvalue weighted by atomic mass is 10.1. The van der Waals surface area contributed by atoms with Crippen LogP contribution in [-0.4, -0.2) is 29.9 Å². The predicted octanol–water partition coefficient (Wildman–Crippen LogP) is 4.46. The fourth-order valence-electron chi connectivity index (χ4n) is 3.51. The number of nitrogens with zero attached hydrogens (tertiary/aromatic N) is 1. The standard InChI is InChI=1S/C21H17NO3S/c23-20(16-6-5-14-3-1-2-4-15(14)11-16)22-9-10-26-21(22)17-7-8-18-19(12-17)25-13-24-18/h1-8,11-12,21H,9-10,13H2. The van der Waals surface area contributed by atoms with Gasteiger partial charge >= 0.3 is 0 Å². The molecule has 5 rings (SSSR count). The molecule has 1 saturated heterocycles. The van der Waals surface area contributed by atoms with Crippen LogP contribution in [0.15, 0.2) is 60.7 Å². The Balaban J connectivity index is 1.46. The molecule has 26 heavy (non-hydrogen) atoms. The number of benzene rings is 3. The number of amides is 1. The Kier molecular flexibility index (Phi) is 3.75. The van der Waals surface area contributed by atoms with Crippen molar-refractivity contribution in [2.75, 3.05) is 19.1 Å². The molecular formula is C21H17NO3S. The summed E-state index contributed by atoms with van der Waals surface area (Å²) in [6.45, 7) is 1.01. The number of thioether (sulfide) groups is 1. The van der Waals surface area contributed by atoms with Gasteiger partial charge in [-0.05, 0) is 40.6 Å². The summed E-state index contributed by atoms with van der Waals surface area (Å²) >= 11 is 1.78. The molecule has 0 N–H and O–H groups in total. The number of fused-ring (bicyclic) bond motifs is 2. The second-order valence-electron chi connectivity index (χ2n) is 6.40. The van der Waals surface area contributed by atoms with Crippen LogP contribution in [0.4, 0.5) is 0 Å². The van der Waals surface area contributed by atoms with Gasteiger partial charge in [0.25, 0.3) is 5.91 Å². The first-order chi connectivity index (χ1) is 12.8. The number of carbonyl (C=O) groups is 1. The number of hydrogen-bond acceptors (Lipinski definition) is 4. The normalized spacial score (nSPS) is 18.5. The average molecular weight is 363 g/mol. The van der Waals surface area contributed by atoms with Gasteiger partial charge in [-0.25, -0.2) is 0 Å². The molecule has 1 atom stereocenters. The van der Waals surface area contributed by atoms with Crippen molar-refractivity contribution < 1.29 is 14.3 Å². The number of ether oxygens (including phenoxy) is 2. The predicted molar refractivity (Wildman–Crippen MR) is 103 cm³/mol. The smallest absolute Gasteiger partial charge is 0.255 e. The molecule has 4 nitrogen and oxygen atoms in total. The lowest BCUT2D eigenvalue weighted by Crippen LogP contribution is -2.30. The first-order valence-electron chi connectivity index (χ1n) is 8.60. The highest BCUT2D eigenvalue weighted by Crippen LogP contribution is 2.42. The van der Waals surface area contributed by atoms with Gasteiger partial charge in [0.15, 0.2) is 11.5 Å². The summed E-state index contributed by atoms with van der Waals surface area (Å²) in [7, 11) is 0. The van der Waals surface area contributed by atoms with Gasteiger partial charge in [0.2, 0.25) is 6.79 Å². The van der Waals surface area contributed by atoms with Crippen molar-refractivity contribution in [1.82, 2.24) is 4.90 Å². The zero-order valence-corrected chi connectivity index (χ0v) is 14.9. The first kappa shape index (κ1) is 15.6. The van der Waals surface area contributed by atoms with Gasteiger partial charge in [-0.1, -0.05) is 36.4 Å². The van der Waals surface area contributed by atoms with Crippen molar-refractivity contribution >= 4 is 28.4 Å². The molecule has 0 aliphatic carbocycles. The van der Waals surface area contributed by atoms with Crippen molar-refractivity contribution in [2.45, 2.75) is 5.37 Å². The quantitative estimate of drug-likeness (QED) is 0.674. The van der Waals surface area contributed by atoms with Crippen molar-refractivity contribution in [3.8, 4) is 11.5 Å². The summed E-state index contributed by atoms with van der Waals surface area (Å²) in [5.74, 6) is 2.53. The van der Waals surface area contributed by atoms with E-state index in [1.165, 1.54) is 0 Å². The third-order valence-electron chi connectivity index (χ3n) is 4.83. The third-order valence-corrected chi connectivity index (χ3v) is 6.09. The lowest BCUT2D eigenvalue weighted by molar-refractivity contribution is 0.0760. The minimum absolute atomic E-state index is 0.00321. The van der Waals surface area contributed by atoms with Crippen molar-refractivity contribution in [1.29, 1.82) is 0 Å². The molecule has 3 aromatic rings. The van der Waals surface area contributed by atoms with E-state index >= 15 is 0 Å². The van der Waals surface area contributed by atoms with E-state index in [9.17, 15) is 4.79 Å². The summed E-state index contributed by atoms with van der Waals surface area (Å²) in [5, 5.41) is 2.24. The Morgan fingerprint density at radius 2 is 1.81 bits per heavy atom. The lowest BCUT2D eigenvalue weighted by Gasteiger charge is -2.24. The zero-order valence-electron chi connectivity index (χ0n) is 14.1. The highest BCUT2D eigenvalue weighted by molar-refractivity contribution is 7.99. The highest BCUT2D eigenvalue weighted by Gasteiger charge is 2.32. The molecule has 0 spiro atoms.